The second-order valence-corrected chi connectivity index (χ2v) is 9.03. The second-order valence-electron chi connectivity index (χ2n) is 9.03. The molecule has 4 aromatic rings. The molecular weight excluding hydrogens is 496 g/mol. The Bertz CT molecular complexity index is 1460. The largest absolute Gasteiger partial charge is 0.490 e. The maximum atomic E-state index is 14.1. The first-order valence-corrected chi connectivity index (χ1v) is 13.0. The van der Waals surface area contributed by atoms with Crippen molar-refractivity contribution in [2.24, 2.45) is 4.99 Å². The molecule has 1 aromatic heterocycles. The van der Waals surface area contributed by atoms with Gasteiger partial charge in [0, 0.05) is 22.7 Å². The SMILES string of the molecule is O=C1c2c3cccc2C(=Nc2cccc4cccnc24)c2cccc(c21)OCCOCCOCCOCCO3. The minimum Gasteiger partial charge on any atom is -0.490 e. The zero-order chi connectivity index (χ0) is 26.4. The molecule has 0 fully saturated rings. The third-order valence-corrected chi connectivity index (χ3v) is 6.57. The Balaban J connectivity index is 1.49. The first-order valence-electron chi connectivity index (χ1n) is 13.0. The summed E-state index contributed by atoms with van der Waals surface area (Å²) in [4.78, 5) is 23.8. The Hall–Kier alpha value is -4.11. The van der Waals surface area contributed by atoms with Crippen LogP contribution in [0.5, 0.6) is 11.5 Å². The average Bonchev–Trinajstić information content (AvgIpc) is 2.97. The van der Waals surface area contributed by atoms with E-state index in [1.54, 1.807) is 18.3 Å². The van der Waals surface area contributed by atoms with Gasteiger partial charge in [-0.15, -0.1) is 0 Å². The Labute approximate surface area is 226 Å². The van der Waals surface area contributed by atoms with Crippen molar-refractivity contribution < 1.29 is 28.5 Å². The van der Waals surface area contributed by atoms with E-state index in [4.69, 9.17) is 28.7 Å². The van der Waals surface area contributed by atoms with E-state index in [0.29, 0.717) is 84.8 Å². The average molecular weight is 525 g/mol. The first kappa shape index (κ1) is 25.2. The Morgan fingerprint density at radius 1 is 0.615 bits per heavy atom. The number of para-hydroxylation sites is 1. The van der Waals surface area contributed by atoms with Gasteiger partial charge in [0.25, 0.3) is 0 Å². The van der Waals surface area contributed by atoms with Crippen molar-refractivity contribution in [3.05, 3.63) is 95.2 Å². The lowest BCUT2D eigenvalue weighted by Gasteiger charge is -2.25. The van der Waals surface area contributed by atoms with E-state index in [1.807, 2.05) is 54.6 Å². The number of fused-ring (bicyclic) bond motifs is 1. The van der Waals surface area contributed by atoms with Crippen LogP contribution in [-0.2, 0) is 14.2 Å². The van der Waals surface area contributed by atoms with Gasteiger partial charge in [-0.25, -0.2) is 4.99 Å². The van der Waals surface area contributed by atoms with Crippen LogP contribution in [0.1, 0.15) is 27.0 Å². The van der Waals surface area contributed by atoms with E-state index in [0.717, 1.165) is 10.9 Å². The lowest BCUT2D eigenvalue weighted by Crippen LogP contribution is -2.24. The molecule has 0 spiro atoms. The molecular formula is C31H28N2O6. The van der Waals surface area contributed by atoms with Crippen LogP contribution < -0.4 is 9.47 Å². The van der Waals surface area contributed by atoms with Gasteiger partial charge in [-0.05, 0) is 24.3 Å². The third kappa shape index (κ3) is 5.27. The fourth-order valence-electron chi connectivity index (χ4n) is 4.82. The van der Waals surface area contributed by atoms with E-state index >= 15 is 0 Å². The van der Waals surface area contributed by atoms with Gasteiger partial charge >= 0.3 is 0 Å². The van der Waals surface area contributed by atoms with Crippen molar-refractivity contribution in [3.8, 4) is 11.5 Å². The van der Waals surface area contributed by atoms with Crippen LogP contribution in [0, 0.1) is 0 Å². The monoisotopic (exact) mass is 524 g/mol. The number of hydrogen-bond acceptors (Lipinski definition) is 8. The zero-order valence-corrected chi connectivity index (χ0v) is 21.4. The molecule has 3 aromatic carbocycles. The van der Waals surface area contributed by atoms with Crippen molar-refractivity contribution >= 4 is 28.1 Å². The van der Waals surface area contributed by atoms with Gasteiger partial charge in [0.1, 0.15) is 24.7 Å². The van der Waals surface area contributed by atoms with Crippen molar-refractivity contribution in [1.82, 2.24) is 4.98 Å². The van der Waals surface area contributed by atoms with Crippen molar-refractivity contribution in [2.75, 3.05) is 52.9 Å². The molecule has 0 N–H and O–H groups in total. The summed E-state index contributed by atoms with van der Waals surface area (Å²) in [6.07, 6.45) is 1.76. The number of aromatic nitrogens is 1. The summed E-state index contributed by atoms with van der Waals surface area (Å²) in [7, 11) is 0. The molecule has 0 atom stereocenters. The number of ether oxygens (including phenoxy) is 5. The number of rotatable bonds is 1. The summed E-state index contributed by atoms with van der Waals surface area (Å²) in [6.45, 7) is 3.15. The Morgan fingerprint density at radius 2 is 1.15 bits per heavy atom. The van der Waals surface area contributed by atoms with Crippen LogP contribution in [0.3, 0.4) is 0 Å². The van der Waals surface area contributed by atoms with Crippen LogP contribution in [-0.4, -0.2) is 69.3 Å². The highest BCUT2D eigenvalue weighted by Crippen LogP contribution is 2.39. The van der Waals surface area contributed by atoms with Crippen molar-refractivity contribution in [3.63, 3.8) is 0 Å². The van der Waals surface area contributed by atoms with Crippen LogP contribution in [0.15, 0.2) is 77.9 Å². The van der Waals surface area contributed by atoms with Crippen LogP contribution in [0.4, 0.5) is 5.69 Å². The predicted molar refractivity (Wildman–Crippen MR) is 147 cm³/mol. The molecule has 198 valence electrons. The Kier molecular flexibility index (Phi) is 7.58. The Morgan fingerprint density at radius 3 is 1.77 bits per heavy atom. The molecule has 0 saturated carbocycles. The molecule has 8 nitrogen and oxygen atoms in total. The van der Waals surface area contributed by atoms with Gasteiger partial charge < -0.3 is 23.7 Å². The number of benzene rings is 3. The lowest BCUT2D eigenvalue weighted by atomic mass is 9.82. The molecule has 2 bridgehead atoms. The van der Waals surface area contributed by atoms with E-state index < -0.39 is 0 Å². The van der Waals surface area contributed by atoms with Crippen LogP contribution >= 0.6 is 0 Å². The summed E-state index contributed by atoms with van der Waals surface area (Å²) in [5, 5.41) is 0.986. The van der Waals surface area contributed by atoms with Crippen molar-refractivity contribution in [1.29, 1.82) is 0 Å². The van der Waals surface area contributed by atoms with Crippen LogP contribution in [0.2, 0.25) is 0 Å². The first-order chi connectivity index (χ1) is 19.3. The predicted octanol–water partition coefficient (Wildman–Crippen LogP) is 4.77. The molecule has 0 amide bonds. The molecule has 2 aliphatic rings. The summed E-state index contributed by atoms with van der Waals surface area (Å²) in [6, 6.07) is 21.0. The maximum Gasteiger partial charge on any atom is 0.201 e. The molecule has 6 rings (SSSR count). The number of pyridine rings is 1. The van der Waals surface area contributed by atoms with Gasteiger partial charge in [0.2, 0.25) is 5.78 Å². The minimum atomic E-state index is -0.169. The second kappa shape index (κ2) is 11.7. The van der Waals surface area contributed by atoms with Crippen LogP contribution in [0.25, 0.3) is 10.9 Å². The number of nitrogens with zero attached hydrogens (tertiary/aromatic N) is 2. The van der Waals surface area contributed by atoms with E-state index in [-0.39, 0.29) is 19.0 Å². The highest BCUT2D eigenvalue weighted by Gasteiger charge is 2.34. The lowest BCUT2D eigenvalue weighted by molar-refractivity contribution is 0.00483. The molecule has 0 unspecified atom stereocenters. The van der Waals surface area contributed by atoms with Gasteiger partial charge in [0.05, 0.1) is 67.7 Å². The molecule has 1 aliphatic heterocycles. The third-order valence-electron chi connectivity index (χ3n) is 6.57. The van der Waals surface area contributed by atoms with Gasteiger partial charge in [0.15, 0.2) is 0 Å². The number of carbonyl (C=O) groups is 1. The maximum absolute atomic E-state index is 14.1. The van der Waals surface area contributed by atoms with Gasteiger partial charge in [-0.1, -0.05) is 42.5 Å². The highest BCUT2D eigenvalue weighted by atomic mass is 16.6. The molecule has 0 radical (unpaired) electrons. The highest BCUT2D eigenvalue weighted by molar-refractivity contribution is 6.32. The van der Waals surface area contributed by atoms with Gasteiger partial charge in [-0.3, -0.25) is 9.78 Å². The summed E-state index contributed by atoms with van der Waals surface area (Å²) >= 11 is 0. The summed E-state index contributed by atoms with van der Waals surface area (Å²) in [5.41, 5.74) is 4.46. The number of carbonyl (C=O) groups excluding carboxylic acids is 1. The number of aliphatic imine (C=N–C) groups is 1. The normalized spacial score (nSPS) is 16.5. The standard InChI is InChI=1S/C31H28N2O6/c34-31-27-22-7-2-10-25(27)38-19-17-36-15-13-35-14-16-37-18-20-39-26-11-3-8-23(28(26)31)30(22)33-24-9-1-5-21-6-4-12-32-29(21)24/h1-12H,13-20H2. The molecule has 2 heterocycles. The number of hydrogen-bond donors (Lipinski definition) is 0. The van der Waals surface area contributed by atoms with Gasteiger partial charge in [-0.2, -0.15) is 0 Å². The number of ketones is 1. The molecule has 8 heteroatoms. The molecule has 0 saturated heterocycles. The van der Waals surface area contributed by atoms with E-state index in [1.165, 1.54) is 0 Å². The summed E-state index contributed by atoms with van der Waals surface area (Å²) < 4.78 is 29.0. The van der Waals surface area contributed by atoms with E-state index in [9.17, 15) is 4.79 Å². The molecule has 1 aliphatic carbocycles. The fraction of sp³-hybridized carbons (Fsp3) is 0.258. The van der Waals surface area contributed by atoms with Crippen molar-refractivity contribution in [2.45, 2.75) is 0 Å². The van der Waals surface area contributed by atoms with E-state index in [2.05, 4.69) is 4.98 Å². The summed E-state index contributed by atoms with van der Waals surface area (Å²) in [5.74, 6) is 0.787. The zero-order valence-electron chi connectivity index (χ0n) is 21.4. The fourth-order valence-corrected chi connectivity index (χ4v) is 4.82. The quantitative estimate of drug-likeness (QED) is 0.312. The molecule has 39 heavy (non-hydrogen) atoms. The topological polar surface area (TPSA) is 88.5 Å². The minimum absolute atomic E-state index is 0.169. The smallest absolute Gasteiger partial charge is 0.201 e.